The van der Waals surface area contributed by atoms with Gasteiger partial charge in [-0.15, -0.1) is 0 Å². The Labute approximate surface area is 146 Å². The van der Waals surface area contributed by atoms with Crippen molar-refractivity contribution in [1.29, 1.82) is 0 Å². The highest BCUT2D eigenvalue weighted by Crippen LogP contribution is 2.26. The van der Waals surface area contributed by atoms with Crippen molar-refractivity contribution in [3.8, 4) is 5.75 Å². The summed E-state index contributed by atoms with van der Waals surface area (Å²) in [4.78, 5) is 12.6. The molecule has 0 saturated carbocycles. The number of nitrogens with zero attached hydrogens (tertiary/aromatic N) is 1. The molecule has 1 amide bonds. The summed E-state index contributed by atoms with van der Waals surface area (Å²) in [5.41, 5.74) is 1.87. The molecule has 1 heterocycles. The fraction of sp³-hybridized carbons (Fsp3) is 0.167. The third-order valence-corrected chi connectivity index (χ3v) is 5.64. The van der Waals surface area contributed by atoms with Gasteiger partial charge >= 0.3 is 0 Å². The summed E-state index contributed by atoms with van der Waals surface area (Å²) >= 11 is 0. The summed E-state index contributed by atoms with van der Waals surface area (Å²) in [5, 5.41) is 2.75. The number of hydrogen-bond acceptors (Lipinski definition) is 4. The molecule has 1 aliphatic rings. The van der Waals surface area contributed by atoms with Crippen molar-refractivity contribution in [2.24, 2.45) is 0 Å². The van der Waals surface area contributed by atoms with Crippen molar-refractivity contribution < 1.29 is 17.9 Å². The number of nitrogens with one attached hydrogen (secondary N) is 1. The molecule has 0 spiro atoms. The zero-order chi connectivity index (χ0) is 18.0. The van der Waals surface area contributed by atoms with Crippen molar-refractivity contribution in [1.82, 2.24) is 4.31 Å². The van der Waals surface area contributed by atoms with Crippen LogP contribution in [0.2, 0.25) is 0 Å². The molecule has 0 aromatic heterocycles. The average molecular weight is 358 g/mol. The Morgan fingerprint density at radius 3 is 2.44 bits per heavy atom. The molecule has 25 heavy (non-hydrogen) atoms. The van der Waals surface area contributed by atoms with E-state index in [2.05, 4.69) is 5.32 Å². The number of sulfonamides is 1. The summed E-state index contributed by atoms with van der Waals surface area (Å²) in [7, 11) is -0.546. The maximum absolute atomic E-state index is 12.4. The summed E-state index contributed by atoms with van der Waals surface area (Å²) < 4.78 is 30.8. The number of hydrogen-bond donors (Lipinski definition) is 1. The van der Waals surface area contributed by atoms with E-state index in [1.54, 1.807) is 18.2 Å². The number of carbonyl (C=O) groups is 1. The summed E-state index contributed by atoms with van der Waals surface area (Å²) in [5.74, 6) is 0.468. The average Bonchev–Trinajstić information content (AvgIpc) is 2.61. The highest BCUT2D eigenvalue weighted by atomic mass is 32.2. The highest BCUT2D eigenvalue weighted by molar-refractivity contribution is 7.89. The molecular formula is C18H18N2O4S. The number of amides is 1. The smallest absolute Gasteiger partial charge is 0.255 e. The van der Waals surface area contributed by atoms with Crippen LogP contribution in [0.5, 0.6) is 5.75 Å². The molecule has 2 aromatic carbocycles. The first kappa shape index (κ1) is 17.2. The summed E-state index contributed by atoms with van der Waals surface area (Å²) in [6, 6.07) is 13.5. The Hall–Kier alpha value is -2.64. The number of carbonyl (C=O) groups excluding carboxylic acids is 1. The second kappa shape index (κ2) is 6.70. The standard InChI is InChI=1S/C18H18N2O4S/c1-20(2)25(22,23)16-9-7-15(8-10-16)19-18(21)14-11-13-5-3-4-6-17(13)24-12-14/h3-11H,12H2,1-2H3,(H,19,21). The van der Waals surface area contributed by atoms with E-state index in [0.29, 0.717) is 11.3 Å². The van der Waals surface area contributed by atoms with Crippen molar-refractivity contribution in [3.05, 3.63) is 59.7 Å². The van der Waals surface area contributed by atoms with Gasteiger partial charge in [0.05, 0.1) is 10.5 Å². The van der Waals surface area contributed by atoms with Gasteiger partial charge in [0.1, 0.15) is 12.4 Å². The number of fused-ring (bicyclic) bond motifs is 1. The van der Waals surface area contributed by atoms with Crippen molar-refractivity contribution >= 4 is 27.7 Å². The molecule has 0 aliphatic carbocycles. The van der Waals surface area contributed by atoms with Crippen molar-refractivity contribution in [2.45, 2.75) is 4.90 Å². The first-order valence-electron chi connectivity index (χ1n) is 7.64. The zero-order valence-electron chi connectivity index (χ0n) is 13.9. The van der Waals surface area contributed by atoms with E-state index in [1.165, 1.54) is 26.2 Å². The normalized spacial score (nSPS) is 13.6. The second-order valence-corrected chi connectivity index (χ2v) is 7.91. The zero-order valence-corrected chi connectivity index (χ0v) is 14.7. The number of para-hydroxylation sites is 1. The van der Waals surface area contributed by atoms with Gasteiger partial charge in [0.25, 0.3) is 5.91 Å². The molecule has 0 fully saturated rings. The van der Waals surface area contributed by atoms with E-state index in [1.807, 2.05) is 24.3 Å². The number of rotatable bonds is 4. The molecule has 6 nitrogen and oxygen atoms in total. The minimum absolute atomic E-state index is 0.171. The first-order valence-corrected chi connectivity index (χ1v) is 9.08. The van der Waals surface area contributed by atoms with Crippen molar-refractivity contribution in [3.63, 3.8) is 0 Å². The lowest BCUT2D eigenvalue weighted by Gasteiger charge is -2.17. The fourth-order valence-electron chi connectivity index (χ4n) is 2.38. The van der Waals surface area contributed by atoms with Gasteiger partial charge in [-0.3, -0.25) is 4.79 Å². The molecule has 1 aliphatic heterocycles. The lowest BCUT2D eigenvalue weighted by molar-refractivity contribution is -0.113. The predicted molar refractivity (Wildman–Crippen MR) is 95.9 cm³/mol. The van der Waals surface area contributed by atoms with Gasteiger partial charge in [-0.2, -0.15) is 0 Å². The Morgan fingerprint density at radius 1 is 1.08 bits per heavy atom. The second-order valence-electron chi connectivity index (χ2n) is 5.76. The number of anilines is 1. The van der Waals surface area contributed by atoms with Gasteiger partial charge in [0, 0.05) is 25.3 Å². The Balaban J connectivity index is 1.75. The van der Waals surface area contributed by atoms with Crippen LogP contribution in [0.3, 0.4) is 0 Å². The van der Waals surface area contributed by atoms with E-state index in [-0.39, 0.29) is 17.4 Å². The molecule has 130 valence electrons. The number of ether oxygens (including phenoxy) is 1. The molecule has 0 saturated heterocycles. The van der Waals surface area contributed by atoms with Gasteiger partial charge in [-0.1, -0.05) is 18.2 Å². The van der Waals surface area contributed by atoms with Crippen LogP contribution in [0.4, 0.5) is 5.69 Å². The van der Waals surface area contributed by atoms with Gasteiger partial charge in [0.2, 0.25) is 10.0 Å². The Bertz CT molecular complexity index is 932. The molecule has 0 unspecified atom stereocenters. The maximum atomic E-state index is 12.4. The van der Waals surface area contributed by atoms with Crippen LogP contribution in [0.25, 0.3) is 6.08 Å². The fourth-order valence-corrected chi connectivity index (χ4v) is 3.28. The van der Waals surface area contributed by atoms with E-state index in [9.17, 15) is 13.2 Å². The third kappa shape index (κ3) is 3.57. The summed E-state index contributed by atoms with van der Waals surface area (Å²) in [6.07, 6.45) is 1.79. The van der Waals surface area contributed by atoms with Crippen LogP contribution in [0, 0.1) is 0 Å². The molecular weight excluding hydrogens is 340 g/mol. The van der Waals surface area contributed by atoms with E-state index >= 15 is 0 Å². The SMILES string of the molecule is CN(C)S(=O)(=O)c1ccc(NC(=O)C2=Cc3ccccc3OC2)cc1. The topological polar surface area (TPSA) is 75.7 Å². The number of benzene rings is 2. The molecule has 0 atom stereocenters. The monoisotopic (exact) mass is 358 g/mol. The lowest BCUT2D eigenvalue weighted by Crippen LogP contribution is -2.22. The molecule has 0 bridgehead atoms. The van der Waals surface area contributed by atoms with Crippen LogP contribution in [0.15, 0.2) is 59.0 Å². The van der Waals surface area contributed by atoms with Gasteiger partial charge in [0.15, 0.2) is 0 Å². The van der Waals surface area contributed by atoms with Gasteiger partial charge in [-0.25, -0.2) is 12.7 Å². The molecule has 2 aromatic rings. The minimum atomic E-state index is -3.49. The van der Waals surface area contributed by atoms with Gasteiger partial charge < -0.3 is 10.1 Å². The Kier molecular flexibility index (Phi) is 4.61. The van der Waals surface area contributed by atoms with Crippen molar-refractivity contribution in [2.75, 3.05) is 26.0 Å². The maximum Gasteiger partial charge on any atom is 0.255 e. The minimum Gasteiger partial charge on any atom is -0.488 e. The van der Waals surface area contributed by atoms with Crippen LogP contribution in [-0.2, 0) is 14.8 Å². The predicted octanol–water partition coefficient (Wildman–Crippen LogP) is 2.35. The molecule has 1 N–H and O–H groups in total. The quantitative estimate of drug-likeness (QED) is 0.910. The lowest BCUT2D eigenvalue weighted by atomic mass is 10.1. The first-order chi connectivity index (χ1) is 11.9. The summed E-state index contributed by atoms with van der Waals surface area (Å²) in [6.45, 7) is 0.190. The van der Waals surface area contributed by atoms with Crippen LogP contribution < -0.4 is 10.1 Å². The van der Waals surface area contributed by atoms with E-state index in [0.717, 1.165) is 15.6 Å². The van der Waals surface area contributed by atoms with Crippen LogP contribution in [-0.4, -0.2) is 39.3 Å². The highest BCUT2D eigenvalue weighted by Gasteiger charge is 2.19. The third-order valence-electron chi connectivity index (χ3n) is 3.81. The van der Waals surface area contributed by atoms with Crippen LogP contribution in [0.1, 0.15) is 5.56 Å². The van der Waals surface area contributed by atoms with Crippen LogP contribution >= 0.6 is 0 Å². The van der Waals surface area contributed by atoms with E-state index < -0.39 is 10.0 Å². The van der Waals surface area contributed by atoms with Gasteiger partial charge in [-0.05, 0) is 36.4 Å². The van der Waals surface area contributed by atoms with E-state index in [4.69, 9.17) is 4.74 Å². The molecule has 7 heteroatoms. The Morgan fingerprint density at radius 2 is 1.76 bits per heavy atom. The largest absolute Gasteiger partial charge is 0.488 e. The molecule has 0 radical (unpaired) electrons. The molecule has 3 rings (SSSR count).